The van der Waals surface area contributed by atoms with E-state index in [-0.39, 0.29) is 0 Å². The molecule has 1 unspecified atom stereocenters. The summed E-state index contributed by atoms with van der Waals surface area (Å²) >= 11 is 0. The molecule has 2 rings (SSSR count). The van der Waals surface area contributed by atoms with Gasteiger partial charge in [0.15, 0.2) is 0 Å². The van der Waals surface area contributed by atoms with E-state index in [4.69, 9.17) is 0 Å². The predicted octanol–water partition coefficient (Wildman–Crippen LogP) is 2.92. The van der Waals surface area contributed by atoms with Gasteiger partial charge in [-0.15, -0.1) is 0 Å². The van der Waals surface area contributed by atoms with Crippen LogP contribution >= 0.6 is 0 Å². The van der Waals surface area contributed by atoms with Crippen LogP contribution in [-0.4, -0.2) is 0 Å². The Bertz CT molecular complexity index is 144. The highest BCUT2D eigenvalue weighted by atomic mass is 14.3. The minimum Gasteiger partial charge on any atom is -0.0848 e. The summed E-state index contributed by atoms with van der Waals surface area (Å²) in [7, 11) is 0. The molecular formula is C10H14. The maximum atomic E-state index is 2.42. The first-order chi connectivity index (χ1) is 4.97. The van der Waals surface area contributed by atoms with E-state index < -0.39 is 0 Å². The number of allylic oxidation sites excluding steroid dienone is 2. The lowest BCUT2D eigenvalue weighted by atomic mass is 9.78. The van der Waals surface area contributed by atoms with Gasteiger partial charge in [-0.2, -0.15) is 0 Å². The summed E-state index contributed by atoms with van der Waals surface area (Å²) < 4.78 is 0. The molecule has 0 saturated heterocycles. The van der Waals surface area contributed by atoms with Crippen LogP contribution in [0.15, 0.2) is 11.6 Å². The molecule has 0 spiro atoms. The van der Waals surface area contributed by atoms with Crippen LogP contribution in [-0.2, 0) is 0 Å². The van der Waals surface area contributed by atoms with E-state index in [2.05, 4.69) is 18.9 Å². The van der Waals surface area contributed by atoms with E-state index in [1.807, 2.05) is 0 Å². The van der Waals surface area contributed by atoms with Crippen LogP contribution in [0.4, 0.5) is 0 Å². The van der Waals surface area contributed by atoms with Crippen LogP contribution in [0.5, 0.6) is 0 Å². The summed E-state index contributed by atoms with van der Waals surface area (Å²) in [5, 5.41) is 0. The van der Waals surface area contributed by atoms with Crippen LogP contribution < -0.4 is 0 Å². The summed E-state index contributed by atoms with van der Waals surface area (Å²) in [5.74, 6) is 0.929. The molecule has 54 valence electrons. The van der Waals surface area contributed by atoms with Crippen molar-refractivity contribution in [3.05, 3.63) is 24.5 Å². The Morgan fingerprint density at radius 2 is 2.30 bits per heavy atom. The lowest BCUT2D eigenvalue weighted by Gasteiger charge is -2.28. The van der Waals surface area contributed by atoms with Crippen molar-refractivity contribution in [2.24, 2.45) is 5.92 Å². The number of hydrogen-bond acceptors (Lipinski definition) is 0. The van der Waals surface area contributed by atoms with Gasteiger partial charge in [0.2, 0.25) is 0 Å². The molecule has 2 aliphatic rings. The molecule has 0 heterocycles. The Morgan fingerprint density at radius 1 is 1.30 bits per heavy atom. The Kier molecular flexibility index (Phi) is 1.79. The van der Waals surface area contributed by atoms with E-state index in [9.17, 15) is 0 Å². The van der Waals surface area contributed by atoms with Crippen LogP contribution in [0.3, 0.4) is 0 Å². The van der Waals surface area contributed by atoms with Crippen LogP contribution in [0.1, 0.15) is 32.1 Å². The lowest BCUT2D eigenvalue weighted by Crippen LogP contribution is -2.13. The zero-order valence-electron chi connectivity index (χ0n) is 6.34. The average molecular weight is 134 g/mol. The fourth-order valence-electron chi connectivity index (χ4n) is 1.99. The standard InChI is InChI=1S/C10H14/c1-2-6-10-8-4-3-7-9(10)5-1/h1,4,6,9H,2-3,5,7-8H2. The third-order valence-electron chi connectivity index (χ3n) is 2.62. The van der Waals surface area contributed by atoms with Crippen LogP contribution in [0.2, 0.25) is 0 Å². The van der Waals surface area contributed by atoms with Crippen molar-refractivity contribution in [2.45, 2.75) is 32.1 Å². The monoisotopic (exact) mass is 134 g/mol. The SMILES string of the molecule is [CH]1CCC2C[CH]CC=C2C1. The van der Waals surface area contributed by atoms with Gasteiger partial charge in [-0.25, -0.2) is 0 Å². The second-order valence-electron chi connectivity index (χ2n) is 3.31. The van der Waals surface area contributed by atoms with Gasteiger partial charge in [-0.05, 0) is 50.9 Å². The first-order valence-corrected chi connectivity index (χ1v) is 4.29. The van der Waals surface area contributed by atoms with Gasteiger partial charge in [0, 0.05) is 0 Å². The third-order valence-corrected chi connectivity index (χ3v) is 2.62. The minimum absolute atomic E-state index is 0.929. The van der Waals surface area contributed by atoms with E-state index in [0.717, 1.165) is 5.92 Å². The molecule has 0 bridgehead atoms. The van der Waals surface area contributed by atoms with Gasteiger partial charge in [-0.1, -0.05) is 11.6 Å². The molecule has 1 fully saturated rings. The van der Waals surface area contributed by atoms with Crippen LogP contribution in [0, 0.1) is 18.8 Å². The van der Waals surface area contributed by atoms with Crippen molar-refractivity contribution in [3.63, 3.8) is 0 Å². The van der Waals surface area contributed by atoms with Crippen LogP contribution in [0.25, 0.3) is 0 Å². The largest absolute Gasteiger partial charge is 0.0848 e. The lowest BCUT2D eigenvalue weighted by molar-refractivity contribution is 0.481. The minimum atomic E-state index is 0.929. The molecule has 0 aromatic heterocycles. The highest BCUT2D eigenvalue weighted by Gasteiger charge is 2.20. The number of hydrogen-bond donors (Lipinski definition) is 0. The average Bonchev–Trinajstić information content (AvgIpc) is 2.05. The second-order valence-corrected chi connectivity index (χ2v) is 3.31. The normalized spacial score (nSPS) is 32.8. The summed E-state index contributed by atoms with van der Waals surface area (Å²) in [4.78, 5) is 0. The fraction of sp³-hybridized carbons (Fsp3) is 0.600. The van der Waals surface area contributed by atoms with Crippen molar-refractivity contribution in [1.82, 2.24) is 0 Å². The smallest absolute Gasteiger partial charge is 0.0200 e. The summed E-state index contributed by atoms with van der Waals surface area (Å²) in [6.45, 7) is 0. The maximum Gasteiger partial charge on any atom is -0.0200 e. The first kappa shape index (κ1) is 6.45. The molecule has 0 aromatic rings. The molecule has 0 aromatic carbocycles. The first-order valence-electron chi connectivity index (χ1n) is 4.29. The van der Waals surface area contributed by atoms with Crippen molar-refractivity contribution >= 4 is 0 Å². The van der Waals surface area contributed by atoms with Gasteiger partial charge in [0.05, 0.1) is 0 Å². The van der Waals surface area contributed by atoms with Crippen molar-refractivity contribution < 1.29 is 0 Å². The zero-order valence-corrected chi connectivity index (χ0v) is 6.34. The molecule has 1 atom stereocenters. The molecule has 0 N–H and O–H groups in total. The van der Waals surface area contributed by atoms with Crippen molar-refractivity contribution in [2.75, 3.05) is 0 Å². The van der Waals surface area contributed by atoms with Crippen molar-refractivity contribution in [3.8, 4) is 0 Å². The summed E-state index contributed by atoms with van der Waals surface area (Å²) in [6, 6.07) is 0. The molecule has 10 heavy (non-hydrogen) atoms. The number of rotatable bonds is 0. The zero-order chi connectivity index (χ0) is 6.81. The Balaban J connectivity index is 2.08. The molecule has 0 aliphatic heterocycles. The molecular weight excluding hydrogens is 120 g/mol. The molecule has 2 radical (unpaired) electrons. The van der Waals surface area contributed by atoms with E-state index >= 15 is 0 Å². The molecule has 0 nitrogen and oxygen atoms in total. The van der Waals surface area contributed by atoms with Gasteiger partial charge in [0.25, 0.3) is 0 Å². The molecule has 2 aliphatic carbocycles. The molecule has 0 amide bonds. The van der Waals surface area contributed by atoms with E-state index in [1.165, 1.54) is 32.1 Å². The predicted molar refractivity (Wildman–Crippen MR) is 43.3 cm³/mol. The summed E-state index contributed by atoms with van der Waals surface area (Å²) in [5.41, 5.74) is 1.72. The Hall–Kier alpha value is -0.260. The van der Waals surface area contributed by atoms with Gasteiger partial charge in [0.1, 0.15) is 0 Å². The van der Waals surface area contributed by atoms with E-state index in [0.29, 0.717) is 0 Å². The highest BCUT2D eigenvalue weighted by Crippen LogP contribution is 2.35. The maximum absolute atomic E-state index is 2.42. The number of fused-ring (bicyclic) bond motifs is 1. The fourth-order valence-corrected chi connectivity index (χ4v) is 1.99. The van der Waals surface area contributed by atoms with Gasteiger partial charge >= 0.3 is 0 Å². The molecule has 0 heteroatoms. The Labute approximate surface area is 63.3 Å². The van der Waals surface area contributed by atoms with Crippen molar-refractivity contribution in [1.29, 1.82) is 0 Å². The second kappa shape index (κ2) is 2.77. The highest BCUT2D eigenvalue weighted by molar-refractivity contribution is 5.17. The van der Waals surface area contributed by atoms with E-state index in [1.54, 1.807) is 5.57 Å². The molecule has 1 saturated carbocycles. The third kappa shape index (κ3) is 1.12. The van der Waals surface area contributed by atoms with Gasteiger partial charge < -0.3 is 0 Å². The summed E-state index contributed by atoms with van der Waals surface area (Å²) in [6.07, 6.45) is 13.9. The topological polar surface area (TPSA) is 0 Å². The van der Waals surface area contributed by atoms with Gasteiger partial charge in [-0.3, -0.25) is 0 Å². The Morgan fingerprint density at radius 3 is 3.20 bits per heavy atom. The quantitative estimate of drug-likeness (QED) is 0.447.